The highest BCUT2D eigenvalue weighted by Gasteiger charge is 2.28. The van der Waals surface area contributed by atoms with Crippen molar-refractivity contribution in [1.29, 1.82) is 0 Å². The highest BCUT2D eigenvalue weighted by atomic mass is 32.2. The van der Waals surface area contributed by atoms with Gasteiger partial charge in [0.25, 0.3) is 5.91 Å². The predicted octanol–water partition coefficient (Wildman–Crippen LogP) is 4.27. The summed E-state index contributed by atoms with van der Waals surface area (Å²) in [6.45, 7) is 4.91. The first-order valence-electron chi connectivity index (χ1n) is 12.0. The van der Waals surface area contributed by atoms with Gasteiger partial charge in [-0.1, -0.05) is 71.5 Å². The van der Waals surface area contributed by atoms with E-state index in [0.29, 0.717) is 48.3 Å². The number of nitrogens with one attached hydrogen (secondary N) is 1. The van der Waals surface area contributed by atoms with E-state index in [4.69, 9.17) is 0 Å². The van der Waals surface area contributed by atoms with E-state index in [-0.39, 0.29) is 5.91 Å². The molecular weight excluding hydrogens is 506 g/mol. The number of hydrogen-bond donors (Lipinski definition) is 1. The highest BCUT2D eigenvalue weighted by Crippen LogP contribution is 2.27. The van der Waals surface area contributed by atoms with E-state index in [2.05, 4.69) is 20.4 Å². The van der Waals surface area contributed by atoms with Crippen molar-refractivity contribution in [3.63, 3.8) is 0 Å². The van der Waals surface area contributed by atoms with Gasteiger partial charge in [0.1, 0.15) is 5.01 Å². The minimum absolute atomic E-state index is 0.238. The molecule has 0 aliphatic carbocycles. The minimum Gasteiger partial charge on any atom is -0.296 e. The van der Waals surface area contributed by atoms with Crippen LogP contribution in [0.25, 0.3) is 10.6 Å². The maximum absolute atomic E-state index is 12.8. The molecule has 1 N–H and O–H groups in total. The van der Waals surface area contributed by atoms with Gasteiger partial charge < -0.3 is 0 Å². The molecule has 0 bridgehead atoms. The maximum atomic E-state index is 12.8. The van der Waals surface area contributed by atoms with E-state index < -0.39 is 10.0 Å². The summed E-state index contributed by atoms with van der Waals surface area (Å²) < 4.78 is 27.2. The lowest BCUT2D eigenvalue weighted by atomic mass is 10.1. The number of aryl methyl sites for hydroxylation is 1. The highest BCUT2D eigenvalue weighted by molar-refractivity contribution is 7.89. The first kappa shape index (κ1) is 25.2. The summed E-state index contributed by atoms with van der Waals surface area (Å²) in [5.41, 5.74) is 3.73. The molecule has 0 unspecified atom stereocenters. The molecule has 37 heavy (non-hydrogen) atoms. The van der Waals surface area contributed by atoms with Crippen molar-refractivity contribution in [2.24, 2.45) is 0 Å². The van der Waals surface area contributed by atoms with Crippen LogP contribution in [0.15, 0.2) is 83.8 Å². The van der Waals surface area contributed by atoms with Crippen LogP contribution >= 0.6 is 11.3 Å². The van der Waals surface area contributed by atoms with Crippen molar-refractivity contribution in [2.45, 2.75) is 18.4 Å². The number of anilines is 1. The van der Waals surface area contributed by atoms with Crippen molar-refractivity contribution in [3.8, 4) is 10.6 Å². The molecule has 0 spiro atoms. The number of hydrogen-bond acceptors (Lipinski definition) is 7. The molecule has 0 radical (unpaired) electrons. The van der Waals surface area contributed by atoms with Gasteiger partial charge in [-0.25, -0.2) is 8.42 Å². The van der Waals surface area contributed by atoms with Gasteiger partial charge in [0.15, 0.2) is 0 Å². The van der Waals surface area contributed by atoms with E-state index in [0.717, 1.165) is 16.1 Å². The van der Waals surface area contributed by atoms with Crippen LogP contribution < -0.4 is 5.32 Å². The molecule has 5 rings (SSSR count). The van der Waals surface area contributed by atoms with Crippen molar-refractivity contribution in [2.75, 3.05) is 31.5 Å². The Morgan fingerprint density at radius 2 is 1.57 bits per heavy atom. The molecule has 4 aromatic rings. The molecule has 1 aliphatic rings. The second kappa shape index (κ2) is 10.9. The lowest BCUT2D eigenvalue weighted by molar-refractivity contribution is 0.102. The SMILES string of the molecule is Cc1ccc(-c2nnc(NC(=O)c3ccc(CN4CCN(S(=O)(=O)c5ccccc5)CC4)cc3)s2)cc1. The monoisotopic (exact) mass is 533 g/mol. The van der Waals surface area contributed by atoms with Crippen LogP contribution in [-0.2, 0) is 16.6 Å². The average Bonchev–Trinajstić information content (AvgIpc) is 3.39. The first-order valence-corrected chi connectivity index (χ1v) is 14.2. The van der Waals surface area contributed by atoms with Crippen LogP contribution in [-0.4, -0.2) is 59.9 Å². The number of amides is 1. The average molecular weight is 534 g/mol. The van der Waals surface area contributed by atoms with Crippen LogP contribution in [0.2, 0.25) is 0 Å². The molecule has 2 heterocycles. The molecule has 10 heteroatoms. The fraction of sp³-hybridized carbons (Fsp3) is 0.222. The van der Waals surface area contributed by atoms with E-state index in [9.17, 15) is 13.2 Å². The second-order valence-electron chi connectivity index (χ2n) is 8.92. The Morgan fingerprint density at radius 3 is 2.24 bits per heavy atom. The number of nitrogens with zero attached hydrogens (tertiary/aromatic N) is 4. The quantitative estimate of drug-likeness (QED) is 0.381. The molecule has 1 amide bonds. The van der Waals surface area contributed by atoms with E-state index in [1.807, 2.05) is 49.4 Å². The molecule has 1 saturated heterocycles. The van der Waals surface area contributed by atoms with Gasteiger partial charge in [0, 0.05) is 43.9 Å². The summed E-state index contributed by atoms with van der Waals surface area (Å²) in [6.07, 6.45) is 0. The van der Waals surface area contributed by atoms with Gasteiger partial charge in [-0.15, -0.1) is 10.2 Å². The third-order valence-electron chi connectivity index (χ3n) is 6.28. The van der Waals surface area contributed by atoms with Gasteiger partial charge in [0.2, 0.25) is 15.2 Å². The maximum Gasteiger partial charge on any atom is 0.257 e. The summed E-state index contributed by atoms with van der Waals surface area (Å²) in [5, 5.41) is 12.3. The Morgan fingerprint density at radius 1 is 0.892 bits per heavy atom. The normalized spacial score (nSPS) is 14.9. The van der Waals surface area contributed by atoms with Crippen LogP contribution in [0.4, 0.5) is 5.13 Å². The lowest BCUT2D eigenvalue weighted by Crippen LogP contribution is -2.48. The molecule has 1 fully saturated rings. The van der Waals surface area contributed by atoms with Crippen LogP contribution in [0.1, 0.15) is 21.5 Å². The summed E-state index contributed by atoms with van der Waals surface area (Å²) in [5.74, 6) is -0.238. The van der Waals surface area contributed by atoms with Crippen molar-refractivity contribution >= 4 is 32.4 Å². The topological polar surface area (TPSA) is 95.5 Å². The zero-order valence-electron chi connectivity index (χ0n) is 20.4. The van der Waals surface area contributed by atoms with Crippen molar-refractivity contribution in [1.82, 2.24) is 19.4 Å². The van der Waals surface area contributed by atoms with Crippen LogP contribution in [0.3, 0.4) is 0 Å². The summed E-state index contributed by atoms with van der Waals surface area (Å²) in [7, 11) is -3.46. The number of carbonyl (C=O) groups excluding carboxylic acids is 1. The Labute approximate surface area is 220 Å². The third-order valence-corrected chi connectivity index (χ3v) is 9.08. The zero-order chi connectivity index (χ0) is 25.8. The van der Waals surface area contributed by atoms with Crippen molar-refractivity contribution < 1.29 is 13.2 Å². The number of carbonyl (C=O) groups is 1. The predicted molar refractivity (Wildman–Crippen MR) is 145 cm³/mol. The largest absolute Gasteiger partial charge is 0.296 e. The van der Waals surface area contributed by atoms with Gasteiger partial charge in [0.05, 0.1) is 4.90 Å². The molecule has 0 saturated carbocycles. The van der Waals surface area contributed by atoms with Crippen LogP contribution in [0, 0.1) is 6.92 Å². The molecular formula is C27H27N5O3S2. The van der Waals surface area contributed by atoms with Gasteiger partial charge in [-0.2, -0.15) is 4.31 Å². The molecule has 0 atom stereocenters. The van der Waals surface area contributed by atoms with E-state index in [1.54, 1.807) is 40.7 Å². The smallest absolute Gasteiger partial charge is 0.257 e. The number of piperazine rings is 1. The summed E-state index contributed by atoms with van der Waals surface area (Å²) in [6, 6.07) is 24.0. The molecule has 3 aromatic carbocycles. The van der Waals surface area contributed by atoms with Gasteiger partial charge in [-0.3, -0.25) is 15.0 Å². The number of benzene rings is 3. The zero-order valence-corrected chi connectivity index (χ0v) is 22.0. The van der Waals surface area contributed by atoms with Gasteiger partial charge >= 0.3 is 0 Å². The summed E-state index contributed by atoms with van der Waals surface area (Å²) >= 11 is 1.33. The fourth-order valence-corrected chi connectivity index (χ4v) is 6.33. The summed E-state index contributed by atoms with van der Waals surface area (Å²) in [4.78, 5) is 15.3. The first-order chi connectivity index (χ1) is 17.9. The van der Waals surface area contributed by atoms with Crippen molar-refractivity contribution in [3.05, 3.63) is 95.6 Å². The Balaban J connectivity index is 1.14. The Hall–Kier alpha value is -3.44. The van der Waals surface area contributed by atoms with E-state index in [1.165, 1.54) is 16.9 Å². The minimum atomic E-state index is -3.46. The van der Waals surface area contributed by atoms with Gasteiger partial charge in [-0.05, 0) is 36.8 Å². The fourth-order valence-electron chi connectivity index (χ4n) is 4.15. The Kier molecular flexibility index (Phi) is 7.43. The molecule has 190 valence electrons. The van der Waals surface area contributed by atoms with E-state index >= 15 is 0 Å². The standard InChI is InChI=1S/C27H27N5O3S2/c1-20-7-11-23(12-8-20)26-29-30-27(36-26)28-25(33)22-13-9-21(10-14-22)19-31-15-17-32(18-16-31)37(34,35)24-5-3-2-4-6-24/h2-14H,15-19H2,1H3,(H,28,30,33). The Bertz CT molecular complexity index is 1460. The molecule has 8 nitrogen and oxygen atoms in total. The lowest BCUT2D eigenvalue weighted by Gasteiger charge is -2.34. The second-order valence-corrected chi connectivity index (χ2v) is 11.8. The van der Waals surface area contributed by atoms with Crippen LogP contribution in [0.5, 0.6) is 0 Å². The third kappa shape index (κ3) is 5.94. The number of aromatic nitrogens is 2. The number of rotatable bonds is 7. The molecule has 1 aliphatic heterocycles. The number of sulfonamides is 1. The molecule has 1 aromatic heterocycles.